The second kappa shape index (κ2) is 8.35. The van der Waals surface area contributed by atoms with Crippen LogP contribution < -0.4 is 0 Å². The minimum Gasteiger partial charge on any atom is -0.462 e. The Labute approximate surface area is 187 Å². The highest BCUT2D eigenvalue weighted by atomic mass is 16.5. The molecule has 0 radical (unpaired) electrons. The number of para-hydroxylation sites is 1. The maximum Gasteiger partial charge on any atom is 0.341 e. The van der Waals surface area contributed by atoms with Crippen LogP contribution in [0, 0.1) is 11.3 Å². The first kappa shape index (κ1) is 21.4. The number of benzene rings is 2. The van der Waals surface area contributed by atoms with E-state index in [2.05, 4.69) is 24.9 Å². The summed E-state index contributed by atoms with van der Waals surface area (Å²) in [6, 6.07) is 16.6. The minimum atomic E-state index is -0.471. The molecule has 6 nitrogen and oxygen atoms in total. The maximum absolute atomic E-state index is 13.4. The molecule has 1 aliphatic rings. The number of nitrogens with zero attached hydrogens (tertiary/aromatic N) is 2. The summed E-state index contributed by atoms with van der Waals surface area (Å²) in [5, 5.41) is 10.2. The van der Waals surface area contributed by atoms with Crippen molar-refractivity contribution in [3.05, 3.63) is 77.1 Å². The molecule has 1 amide bonds. The topological polar surface area (TPSA) is 86.2 Å². The predicted molar refractivity (Wildman–Crippen MR) is 123 cm³/mol. The molecule has 2 aromatic carbocycles. The molecule has 0 fully saturated rings. The normalized spacial score (nSPS) is 14.8. The summed E-state index contributed by atoms with van der Waals surface area (Å²) in [7, 11) is 0. The molecule has 6 heteroatoms. The Bertz CT molecular complexity index is 1280. The van der Waals surface area contributed by atoms with E-state index in [9.17, 15) is 14.9 Å². The van der Waals surface area contributed by atoms with Gasteiger partial charge in [-0.15, -0.1) is 0 Å². The Morgan fingerprint density at radius 3 is 2.72 bits per heavy atom. The summed E-state index contributed by atoms with van der Waals surface area (Å²) >= 11 is 0. The molecule has 1 N–H and O–H groups in total. The number of hydrogen-bond donors (Lipinski definition) is 1. The predicted octanol–water partition coefficient (Wildman–Crippen LogP) is 4.77. The number of aromatic nitrogens is 1. The van der Waals surface area contributed by atoms with Crippen LogP contribution in [0.4, 0.5) is 0 Å². The molecule has 0 spiro atoms. The van der Waals surface area contributed by atoms with Gasteiger partial charge in [0.05, 0.1) is 29.5 Å². The lowest BCUT2D eigenvalue weighted by Gasteiger charge is -2.29. The third-order valence-electron chi connectivity index (χ3n) is 5.66. The molecule has 1 aliphatic heterocycles. The van der Waals surface area contributed by atoms with Crippen molar-refractivity contribution in [2.75, 3.05) is 13.2 Å². The summed E-state index contributed by atoms with van der Waals surface area (Å²) in [6.07, 6.45) is 2.29. The molecule has 0 aliphatic carbocycles. The van der Waals surface area contributed by atoms with Gasteiger partial charge in [0.25, 0.3) is 5.91 Å². The van der Waals surface area contributed by atoms with Crippen LogP contribution in [0.15, 0.2) is 54.7 Å². The van der Waals surface area contributed by atoms with Crippen molar-refractivity contribution in [1.82, 2.24) is 9.88 Å². The van der Waals surface area contributed by atoms with Gasteiger partial charge in [0.15, 0.2) is 0 Å². The van der Waals surface area contributed by atoms with Gasteiger partial charge in [-0.25, -0.2) is 4.79 Å². The largest absolute Gasteiger partial charge is 0.462 e. The molecule has 3 aromatic rings. The van der Waals surface area contributed by atoms with Gasteiger partial charge in [0.1, 0.15) is 0 Å². The van der Waals surface area contributed by atoms with E-state index in [-0.39, 0.29) is 5.91 Å². The quantitative estimate of drug-likeness (QED) is 0.608. The lowest BCUT2D eigenvalue weighted by molar-refractivity contribution is -0.136. The van der Waals surface area contributed by atoms with Crippen LogP contribution in [0.1, 0.15) is 54.4 Å². The summed E-state index contributed by atoms with van der Waals surface area (Å²) in [5.41, 5.74) is 3.26. The zero-order valence-corrected chi connectivity index (χ0v) is 18.4. The van der Waals surface area contributed by atoms with Gasteiger partial charge in [-0.05, 0) is 36.2 Å². The Hall–Kier alpha value is -3.85. The molecular weight excluding hydrogens is 402 g/mol. The first-order valence-electron chi connectivity index (χ1n) is 10.7. The van der Waals surface area contributed by atoms with Crippen LogP contribution in [-0.2, 0) is 14.9 Å². The van der Waals surface area contributed by atoms with Gasteiger partial charge < -0.3 is 14.6 Å². The number of carbonyl (C=O) groups excluding carboxylic acids is 2. The Kier molecular flexibility index (Phi) is 5.58. The standard InChI is InChI=1S/C26H25N3O3/c1-4-12-32-25(31)20-15-29(24(30)18-9-7-8-17(13-18)14-27)16-26(2,3)22-19-10-5-6-11-21(19)28-23(20)22/h5-11,13,15,28H,4,12,16H2,1-3H3. The SMILES string of the molecule is CCCOC(=O)C1=CN(C(=O)c2cccc(C#N)c2)CC(C)(C)c2c1[nH]c1ccccc21. The van der Waals surface area contributed by atoms with E-state index >= 15 is 0 Å². The highest BCUT2D eigenvalue weighted by molar-refractivity contribution is 6.18. The van der Waals surface area contributed by atoms with E-state index in [1.807, 2.05) is 31.2 Å². The molecule has 0 bridgehead atoms. The van der Waals surface area contributed by atoms with Crippen molar-refractivity contribution in [2.45, 2.75) is 32.6 Å². The van der Waals surface area contributed by atoms with Crippen molar-refractivity contribution in [3.8, 4) is 6.07 Å². The number of hydrogen-bond acceptors (Lipinski definition) is 4. The number of rotatable bonds is 4. The average Bonchev–Trinajstić information content (AvgIpc) is 3.14. The minimum absolute atomic E-state index is 0.273. The number of carbonyl (C=O) groups is 2. The maximum atomic E-state index is 13.4. The summed E-state index contributed by atoms with van der Waals surface area (Å²) in [5.74, 6) is -0.744. The molecule has 0 unspecified atom stereocenters. The molecule has 2 heterocycles. The first-order chi connectivity index (χ1) is 15.4. The van der Waals surface area contributed by atoms with Crippen molar-refractivity contribution in [1.29, 1.82) is 5.26 Å². The van der Waals surface area contributed by atoms with E-state index in [1.54, 1.807) is 35.4 Å². The van der Waals surface area contributed by atoms with Gasteiger partial charge in [0.2, 0.25) is 0 Å². The lowest BCUT2D eigenvalue weighted by Crippen LogP contribution is -2.37. The fourth-order valence-electron chi connectivity index (χ4n) is 4.26. The number of nitrogens with one attached hydrogen (secondary N) is 1. The van der Waals surface area contributed by atoms with Crippen LogP contribution in [0.5, 0.6) is 0 Å². The molecule has 32 heavy (non-hydrogen) atoms. The Morgan fingerprint density at radius 1 is 1.19 bits per heavy atom. The molecule has 0 saturated heterocycles. The second-order valence-corrected chi connectivity index (χ2v) is 8.61. The Balaban J connectivity index is 1.87. The number of esters is 1. The monoisotopic (exact) mass is 427 g/mol. The van der Waals surface area contributed by atoms with Crippen molar-refractivity contribution in [3.63, 3.8) is 0 Å². The zero-order valence-electron chi connectivity index (χ0n) is 18.4. The van der Waals surface area contributed by atoms with Gasteiger partial charge in [0, 0.05) is 34.6 Å². The zero-order chi connectivity index (χ0) is 22.9. The van der Waals surface area contributed by atoms with E-state index in [1.165, 1.54) is 0 Å². The van der Waals surface area contributed by atoms with Gasteiger partial charge in [-0.3, -0.25) is 4.79 Å². The number of H-pyrrole nitrogens is 1. The van der Waals surface area contributed by atoms with Crippen molar-refractivity contribution in [2.24, 2.45) is 0 Å². The first-order valence-corrected chi connectivity index (χ1v) is 10.7. The number of aromatic amines is 1. The summed E-state index contributed by atoms with van der Waals surface area (Å²) in [4.78, 5) is 31.5. The highest BCUT2D eigenvalue weighted by Gasteiger charge is 2.37. The van der Waals surface area contributed by atoms with E-state index < -0.39 is 11.4 Å². The van der Waals surface area contributed by atoms with Crippen molar-refractivity contribution >= 4 is 28.4 Å². The molecule has 0 saturated carbocycles. The van der Waals surface area contributed by atoms with Crippen LogP contribution in [-0.4, -0.2) is 34.9 Å². The fraction of sp³-hybridized carbons (Fsp3) is 0.269. The Morgan fingerprint density at radius 2 is 1.97 bits per heavy atom. The smallest absolute Gasteiger partial charge is 0.341 e. The number of ether oxygens (including phenoxy) is 1. The van der Waals surface area contributed by atoms with Crippen molar-refractivity contribution < 1.29 is 14.3 Å². The van der Waals surface area contributed by atoms with Gasteiger partial charge >= 0.3 is 5.97 Å². The van der Waals surface area contributed by atoms with Crippen LogP contribution in [0.25, 0.3) is 16.5 Å². The third kappa shape index (κ3) is 3.78. The lowest BCUT2D eigenvalue weighted by atomic mass is 9.81. The average molecular weight is 428 g/mol. The van der Waals surface area contributed by atoms with Crippen LogP contribution >= 0.6 is 0 Å². The number of fused-ring (bicyclic) bond motifs is 3. The van der Waals surface area contributed by atoms with Gasteiger partial charge in [-0.1, -0.05) is 45.0 Å². The number of amides is 1. The molecule has 0 atom stereocenters. The number of nitriles is 1. The van der Waals surface area contributed by atoms with E-state index in [0.717, 1.165) is 16.5 Å². The van der Waals surface area contributed by atoms with Gasteiger partial charge in [-0.2, -0.15) is 5.26 Å². The molecular formula is C26H25N3O3. The molecule has 162 valence electrons. The third-order valence-corrected chi connectivity index (χ3v) is 5.66. The summed E-state index contributed by atoms with van der Waals surface area (Å²) in [6.45, 7) is 6.72. The van der Waals surface area contributed by atoms with Crippen LogP contribution in [0.3, 0.4) is 0 Å². The summed E-state index contributed by atoms with van der Waals surface area (Å²) < 4.78 is 5.47. The second-order valence-electron chi connectivity index (χ2n) is 8.61. The molecule has 1 aromatic heterocycles. The molecule has 4 rings (SSSR count). The van der Waals surface area contributed by atoms with E-state index in [0.29, 0.717) is 42.0 Å². The fourth-order valence-corrected chi connectivity index (χ4v) is 4.26. The van der Waals surface area contributed by atoms with E-state index in [4.69, 9.17) is 4.74 Å². The highest BCUT2D eigenvalue weighted by Crippen LogP contribution is 2.40. The van der Waals surface area contributed by atoms with Crippen LogP contribution in [0.2, 0.25) is 0 Å².